The van der Waals surface area contributed by atoms with Gasteiger partial charge in [0.25, 0.3) is 0 Å². The molecule has 3 N–H and O–H groups in total. The molecule has 0 aromatic carbocycles. The summed E-state index contributed by atoms with van der Waals surface area (Å²) in [4.78, 5) is 1.37. The second-order valence-corrected chi connectivity index (χ2v) is 5.19. The number of rotatable bonds is 5. The van der Waals surface area contributed by atoms with Crippen molar-refractivity contribution < 1.29 is 5.11 Å². The number of nitrogens with two attached hydrogens (primary N) is 1. The van der Waals surface area contributed by atoms with Crippen LogP contribution in [-0.4, -0.2) is 17.3 Å². The fourth-order valence-corrected chi connectivity index (χ4v) is 2.81. The normalized spacial score (nSPS) is 17.4. The van der Waals surface area contributed by atoms with E-state index in [2.05, 4.69) is 25.3 Å². The fourth-order valence-electron chi connectivity index (χ4n) is 1.81. The predicted octanol–water partition coefficient (Wildman–Crippen LogP) is 2.65. The third kappa shape index (κ3) is 3.30. The van der Waals surface area contributed by atoms with Gasteiger partial charge in [-0.1, -0.05) is 13.8 Å². The van der Waals surface area contributed by atoms with Gasteiger partial charge in [0.05, 0.1) is 6.10 Å². The number of aryl methyl sites for hydroxylation is 1. The molecule has 0 saturated carbocycles. The van der Waals surface area contributed by atoms with E-state index in [1.165, 1.54) is 10.4 Å². The smallest absolute Gasteiger partial charge is 0.0697 e. The third-order valence-electron chi connectivity index (χ3n) is 2.91. The molecule has 0 bridgehead atoms. The summed E-state index contributed by atoms with van der Waals surface area (Å²) >= 11 is 1.77. The van der Waals surface area contributed by atoms with Crippen molar-refractivity contribution in [3.8, 4) is 0 Å². The Morgan fingerprint density at radius 1 is 1.53 bits per heavy atom. The number of aliphatic hydroxyl groups is 1. The monoisotopic (exact) mass is 227 g/mol. The maximum Gasteiger partial charge on any atom is 0.0697 e. The molecule has 15 heavy (non-hydrogen) atoms. The van der Waals surface area contributed by atoms with E-state index >= 15 is 0 Å². The van der Waals surface area contributed by atoms with Crippen LogP contribution >= 0.6 is 11.3 Å². The van der Waals surface area contributed by atoms with E-state index in [-0.39, 0.29) is 12.1 Å². The van der Waals surface area contributed by atoms with Gasteiger partial charge in [0.15, 0.2) is 0 Å². The first-order valence-corrected chi connectivity index (χ1v) is 6.41. The van der Waals surface area contributed by atoms with Gasteiger partial charge >= 0.3 is 0 Å². The van der Waals surface area contributed by atoms with Crippen LogP contribution in [0.4, 0.5) is 0 Å². The van der Waals surface area contributed by atoms with Crippen LogP contribution < -0.4 is 5.73 Å². The zero-order valence-corrected chi connectivity index (χ0v) is 10.6. The largest absolute Gasteiger partial charge is 0.391 e. The summed E-state index contributed by atoms with van der Waals surface area (Å²) in [6.07, 6.45) is 1.21. The molecule has 3 atom stereocenters. The quantitative estimate of drug-likeness (QED) is 0.812. The Morgan fingerprint density at radius 3 is 2.67 bits per heavy atom. The maximum absolute atomic E-state index is 9.86. The molecule has 0 spiro atoms. The molecule has 0 aliphatic heterocycles. The van der Waals surface area contributed by atoms with E-state index in [9.17, 15) is 5.11 Å². The second kappa shape index (κ2) is 5.64. The molecule has 0 saturated heterocycles. The average Bonchev–Trinajstić information content (AvgIpc) is 2.63. The van der Waals surface area contributed by atoms with E-state index in [1.807, 2.05) is 6.92 Å². The van der Waals surface area contributed by atoms with Gasteiger partial charge in [-0.3, -0.25) is 0 Å². The summed E-state index contributed by atoms with van der Waals surface area (Å²) in [5.74, 6) is 0.401. The van der Waals surface area contributed by atoms with Crippen LogP contribution in [0, 0.1) is 6.92 Å². The molecular formula is C12H21NOS. The summed E-state index contributed by atoms with van der Waals surface area (Å²) in [5.41, 5.74) is 7.13. The topological polar surface area (TPSA) is 46.2 Å². The Hall–Kier alpha value is -0.380. The van der Waals surface area contributed by atoms with Crippen LogP contribution in [0.2, 0.25) is 0 Å². The summed E-state index contributed by atoms with van der Waals surface area (Å²) < 4.78 is 0. The molecule has 1 heterocycles. The number of aliphatic hydroxyl groups excluding tert-OH is 1. The molecule has 1 aromatic heterocycles. The van der Waals surface area contributed by atoms with Crippen LogP contribution in [0.25, 0.3) is 0 Å². The van der Waals surface area contributed by atoms with Crippen LogP contribution in [0.1, 0.15) is 43.0 Å². The van der Waals surface area contributed by atoms with Crippen molar-refractivity contribution in [1.82, 2.24) is 0 Å². The summed E-state index contributed by atoms with van der Waals surface area (Å²) in [6.45, 7) is 6.29. The first-order valence-electron chi connectivity index (χ1n) is 5.53. The standard InChI is InChI=1S/C12H21NOS/c1-4-10(13)11(14)7-9(3)12-8(2)5-6-15-12/h5-6,9-11,14H,4,7,13H2,1-3H3. The molecule has 1 rings (SSSR count). The van der Waals surface area contributed by atoms with E-state index in [0.717, 1.165) is 12.8 Å². The molecule has 0 amide bonds. The van der Waals surface area contributed by atoms with Gasteiger partial charge < -0.3 is 10.8 Å². The minimum atomic E-state index is -0.383. The third-order valence-corrected chi connectivity index (χ3v) is 4.16. The van der Waals surface area contributed by atoms with Gasteiger partial charge in [0, 0.05) is 10.9 Å². The molecule has 2 nitrogen and oxygen atoms in total. The van der Waals surface area contributed by atoms with Crippen molar-refractivity contribution in [3.05, 3.63) is 21.9 Å². The van der Waals surface area contributed by atoms with Crippen LogP contribution in [0.15, 0.2) is 11.4 Å². The summed E-state index contributed by atoms with van der Waals surface area (Å²) in [6, 6.07) is 2.04. The highest BCUT2D eigenvalue weighted by molar-refractivity contribution is 7.10. The lowest BCUT2D eigenvalue weighted by Crippen LogP contribution is -2.34. The molecule has 1 aromatic rings. The molecule has 86 valence electrons. The molecule has 3 heteroatoms. The Kier molecular flexibility index (Phi) is 4.77. The van der Waals surface area contributed by atoms with Crippen LogP contribution in [-0.2, 0) is 0 Å². The Morgan fingerprint density at radius 2 is 2.20 bits per heavy atom. The highest BCUT2D eigenvalue weighted by Crippen LogP contribution is 2.29. The predicted molar refractivity (Wildman–Crippen MR) is 66.4 cm³/mol. The van der Waals surface area contributed by atoms with E-state index in [1.54, 1.807) is 11.3 Å². The Bertz CT molecular complexity index is 298. The van der Waals surface area contributed by atoms with Crippen LogP contribution in [0.3, 0.4) is 0 Å². The minimum Gasteiger partial charge on any atom is -0.391 e. The SMILES string of the molecule is CCC(N)C(O)CC(C)c1sccc1C. The van der Waals surface area contributed by atoms with Gasteiger partial charge in [-0.15, -0.1) is 11.3 Å². The minimum absolute atomic E-state index is 0.0901. The number of hydrogen-bond acceptors (Lipinski definition) is 3. The van der Waals surface area contributed by atoms with Crippen molar-refractivity contribution in [2.24, 2.45) is 5.73 Å². The lowest BCUT2D eigenvalue weighted by molar-refractivity contribution is 0.126. The van der Waals surface area contributed by atoms with Crippen molar-refractivity contribution in [1.29, 1.82) is 0 Å². The first-order chi connectivity index (χ1) is 7.06. The average molecular weight is 227 g/mol. The number of hydrogen-bond donors (Lipinski definition) is 2. The first kappa shape index (κ1) is 12.7. The molecule has 0 aliphatic rings. The molecule has 3 unspecified atom stereocenters. The highest BCUT2D eigenvalue weighted by Gasteiger charge is 2.18. The van der Waals surface area contributed by atoms with Gasteiger partial charge in [-0.25, -0.2) is 0 Å². The van der Waals surface area contributed by atoms with Gasteiger partial charge in [-0.2, -0.15) is 0 Å². The summed E-state index contributed by atoms with van der Waals surface area (Å²) in [5, 5.41) is 12.0. The molecule has 0 aliphatic carbocycles. The zero-order valence-electron chi connectivity index (χ0n) is 9.73. The summed E-state index contributed by atoms with van der Waals surface area (Å²) in [7, 11) is 0. The highest BCUT2D eigenvalue weighted by atomic mass is 32.1. The molecular weight excluding hydrogens is 206 g/mol. The van der Waals surface area contributed by atoms with Gasteiger partial charge in [0.2, 0.25) is 0 Å². The zero-order chi connectivity index (χ0) is 11.4. The maximum atomic E-state index is 9.86. The van der Waals surface area contributed by atoms with Crippen molar-refractivity contribution >= 4 is 11.3 Å². The van der Waals surface area contributed by atoms with Crippen molar-refractivity contribution in [2.75, 3.05) is 0 Å². The number of thiophene rings is 1. The van der Waals surface area contributed by atoms with E-state index < -0.39 is 0 Å². The Balaban J connectivity index is 2.56. The molecule has 0 fully saturated rings. The van der Waals surface area contributed by atoms with E-state index in [4.69, 9.17) is 5.73 Å². The van der Waals surface area contributed by atoms with Crippen molar-refractivity contribution in [3.63, 3.8) is 0 Å². The van der Waals surface area contributed by atoms with E-state index in [0.29, 0.717) is 5.92 Å². The second-order valence-electron chi connectivity index (χ2n) is 4.24. The van der Waals surface area contributed by atoms with Crippen LogP contribution in [0.5, 0.6) is 0 Å². The fraction of sp³-hybridized carbons (Fsp3) is 0.667. The van der Waals surface area contributed by atoms with Gasteiger partial charge in [0.1, 0.15) is 0 Å². The van der Waals surface area contributed by atoms with Gasteiger partial charge in [-0.05, 0) is 42.7 Å². The molecule has 0 radical (unpaired) electrons. The van der Waals surface area contributed by atoms with Crippen molar-refractivity contribution in [2.45, 2.75) is 51.7 Å². The lowest BCUT2D eigenvalue weighted by atomic mass is 9.95. The Labute approximate surface area is 96.1 Å². The lowest BCUT2D eigenvalue weighted by Gasteiger charge is -2.20.